The molecule has 1 atom stereocenters. The molecule has 0 aromatic heterocycles. The molecule has 0 aliphatic rings. The Hall–Kier alpha value is -0.640. The van der Waals surface area contributed by atoms with Crippen molar-refractivity contribution in [2.45, 2.75) is 46.2 Å². The van der Waals surface area contributed by atoms with Gasteiger partial charge in [-0.2, -0.15) is 0 Å². The van der Waals surface area contributed by atoms with Gasteiger partial charge in [0.05, 0.1) is 6.04 Å². The van der Waals surface area contributed by atoms with E-state index in [4.69, 9.17) is 11.6 Å². The molecule has 0 radical (unpaired) electrons. The molecule has 0 bridgehead atoms. The zero-order valence-electron chi connectivity index (χ0n) is 13.1. The first-order valence-electron chi connectivity index (χ1n) is 7.31. The molecule has 0 fully saturated rings. The fourth-order valence-electron chi connectivity index (χ4n) is 2.90. The van der Waals surface area contributed by atoms with Crippen LogP contribution < -0.4 is 5.32 Å². The van der Waals surface area contributed by atoms with Crippen LogP contribution in [0, 0.1) is 5.82 Å². The largest absolute Gasteiger partial charge is 0.309 e. The van der Waals surface area contributed by atoms with Crippen LogP contribution in [0.3, 0.4) is 0 Å². The minimum Gasteiger partial charge on any atom is -0.309 e. The highest BCUT2D eigenvalue weighted by Gasteiger charge is 2.35. The Morgan fingerprint density at radius 3 is 2.30 bits per heavy atom. The maximum atomic E-state index is 14.3. The lowest BCUT2D eigenvalue weighted by Crippen LogP contribution is -2.52. The average Bonchev–Trinajstić information content (AvgIpc) is 2.38. The number of rotatable bonds is 7. The zero-order valence-corrected chi connectivity index (χ0v) is 13.9. The fourth-order valence-corrected chi connectivity index (χ4v) is 3.06. The monoisotopic (exact) mass is 300 g/mol. The summed E-state index contributed by atoms with van der Waals surface area (Å²) >= 11 is 5.86. The van der Waals surface area contributed by atoms with E-state index in [-0.39, 0.29) is 17.4 Å². The first-order chi connectivity index (χ1) is 9.38. The van der Waals surface area contributed by atoms with Crippen LogP contribution in [0.5, 0.6) is 0 Å². The summed E-state index contributed by atoms with van der Waals surface area (Å²) in [5.74, 6) is -0.247. The predicted octanol–water partition coefficient (Wildman–Crippen LogP) is 4.25. The van der Waals surface area contributed by atoms with Gasteiger partial charge in [0.2, 0.25) is 0 Å². The van der Waals surface area contributed by atoms with E-state index < -0.39 is 0 Å². The minimum absolute atomic E-state index is 0.0790. The van der Waals surface area contributed by atoms with Gasteiger partial charge in [-0.1, -0.05) is 38.4 Å². The SMILES string of the molecule is CCNC(c1ccc(Cl)cc1F)C(C)(C)N(CC)CC. The van der Waals surface area contributed by atoms with Crippen molar-refractivity contribution >= 4 is 11.6 Å². The van der Waals surface area contributed by atoms with E-state index in [1.165, 1.54) is 6.07 Å². The zero-order chi connectivity index (χ0) is 15.3. The summed E-state index contributed by atoms with van der Waals surface area (Å²) in [6.07, 6.45) is 0. The van der Waals surface area contributed by atoms with Crippen LogP contribution in [0.4, 0.5) is 4.39 Å². The van der Waals surface area contributed by atoms with E-state index in [9.17, 15) is 4.39 Å². The van der Waals surface area contributed by atoms with Gasteiger partial charge in [0, 0.05) is 16.1 Å². The van der Waals surface area contributed by atoms with Gasteiger partial charge in [-0.3, -0.25) is 4.90 Å². The standard InChI is InChI=1S/C16H26ClFN2/c1-6-19-15(16(4,5)20(7-2)8-3)13-10-9-12(17)11-14(13)18/h9-11,15,19H,6-8H2,1-5H3. The van der Waals surface area contributed by atoms with Crippen molar-refractivity contribution in [1.29, 1.82) is 0 Å². The van der Waals surface area contributed by atoms with Gasteiger partial charge in [-0.05, 0) is 45.6 Å². The third-order valence-corrected chi connectivity index (χ3v) is 4.20. The Morgan fingerprint density at radius 2 is 1.85 bits per heavy atom. The summed E-state index contributed by atoms with van der Waals surface area (Å²) in [7, 11) is 0. The topological polar surface area (TPSA) is 15.3 Å². The first-order valence-corrected chi connectivity index (χ1v) is 7.69. The summed E-state index contributed by atoms with van der Waals surface area (Å²) in [4.78, 5) is 2.34. The van der Waals surface area contributed by atoms with E-state index in [0.717, 1.165) is 19.6 Å². The highest BCUT2D eigenvalue weighted by Crippen LogP contribution is 2.33. The smallest absolute Gasteiger partial charge is 0.129 e. The second-order valence-electron chi connectivity index (χ2n) is 5.48. The van der Waals surface area contributed by atoms with Crippen molar-refractivity contribution < 1.29 is 4.39 Å². The maximum absolute atomic E-state index is 14.3. The number of benzene rings is 1. The maximum Gasteiger partial charge on any atom is 0.129 e. The Morgan fingerprint density at radius 1 is 1.25 bits per heavy atom. The summed E-state index contributed by atoms with van der Waals surface area (Å²) < 4.78 is 14.3. The van der Waals surface area contributed by atoms with Crippen LogP contribution in [-0.2, 0) is 0 Å². The summed E-state index contributed by atoms with van der Waals surface area (Å²) in [5, 5.41) is 3.86. The van der Waals surface area contributed by atoms with Gasteiger partial charge < -0.3 is 5.32 Å². The van der Waals surface area contributed by atoms with Crippen molar-refractivity contribution in [3.63, 3.8) is 0 Å². The van der Waals surface area contributed by atoms with Gasteiger partial charge in [-0.25, -0.2) is 4.39 Å². The van der Waals surface area contributed by atoms with E-state index in [1.807, 2.05) is 6.92 Å². The predicted molar refractivity (Wildman–Crippen MR) is 84.8 cm³/mol. The Labute approximate surface area is 127 Å². The molecule has 4 heteroatoms. The van der Waals surface area contributed by atoms with Crippen molar-refractivity contribution in [3.8, 4) is 0 Å². The Balaban J connectivity index is 3.22. The molecule has 0 saturated carbocycles. The molecule has 0 aliphatic heterocycles. The number of likely N-dealkylation sites (N-methyl/N-ethyl adjacent to an activating group) is 2. The molecule has 1 aromatic rings. The second kappa shape index (κ2) is 7.39. The molecular weight excluding hydrogens is 275 g/mol. The number of halogens is 2. The lowest BCUT2D eigenvalue weighted by atomic mass is 9.86. The number of nitrogens with one attached hydrogen (secondary N) is 1. The van der Waals surface area contributed by atoms with Gasteiger partial charge in [-0.15, -0.1) is 0 Å². The molecule has 0 saturated heterocycles. The molecule has 0 aliphatic carbocycles. The highest BCUT2D eigenvalue weighted by atomic mass is 35.5. The number of hydrogen-bond acceptors (Lipinski definition) is 2. The van der Waals surface area contributed by atoms with E-state index in [2.05, 4.69) is 37.9 Å². The van der Waals surface area contributed by atoms with E-state index in [1.54, 1.807) is 12.1 Å². The second-order valence-corrected chi connectivity index (χ2v) is 5.92. The lowest BCUT2D eigenvalue weighted by molar-refractivity contribution is 0.0903. The molecule has 20 heavy (non-hydrogen) atoms. The summed E-state index contributed by atoms with van der Waals surface area (Å²) in [5.41, 5.74) is 0.488. The van der Waals surface area contributed by atoms with Crippen LogP contribution in [0.15, 0.2) is 18.2 Å². The van der Waals surface area contributed by atoms with Gasteiger partial charge in [0.25, 0.3) is 0 Å². The highest BCUT2D eigenvalue weighted by molar-refractivity contribution is 6.30. The van der Waals surface area contributed by atoms with E-state index in [0.29, 0.717) is 10.6 Å². The third kappa shape index (κ3) is 3.72. The Bertz CT molecular complexity index is 430. The van der Waals surface area contributed by atoms with Gasteiger partial charge in [0.15, 0.2) is 0 Å². The molecule has 114 valence electrons. The quantitative estimate of drug-likeness (QED) is 0.810. The van der Waals surface area contributed by atoms with Gasteiger partial charge in [0.1, 0.15) is 5.82 Å². The van der Waals surface area contributed by atoms with Crippen LogP contribution in [0.1, 0.15) is 46.2 Å². The molecule has 0 amide bonds. The van der Waals surface area contributed by atoms with Crippen LogP contribution in [0.25, 0.3) is 0 Å². The third-order valence-electron chi connectivity index (χ3n) is 3.97. The molecular formula is C16H26ClFN2. The molecule has 0 heterocycles. The van der Waals surface area contributed by atoms with Gasteiger partial charge >= 0.3 is 0 Å². The Kier molecular flexibility index (Phi) is 6.44. The van der Waals surface area contributed by atoms with Crippen molar-refractivity contribution in [3.05, 3.63) is 34.6 Å². The van der Waals surface area contributed by atoms with Crippen molar-refractivity contribution in [2.75, 3.05) is 19.6 Å². The molecule has 2 nitrogen and oxygen atoms in total. The van der Waals surface area contributed by atoms with Crippen LogP contribution in [0.2, 0.25) is 5.02 Å². The summed E-state index contributed by atoms with van der Waals surface area (Å²) in [6, 6.07) is 4.85. The molecule has 1 aromatic carbocycles. The van der Waals surface area contributed by atoms with Crippen LogP contribution in [-0.4, -0.2) is 30.1 Å². The van der Waals surface area contributed by atoms with Crippen LogP contribution >= 0.6 is 11.6 Å². The molecule has 0 spiro atoms. The molecule has 1 N–H and O–H groups in total. The fraction of sp³-hybridized carbons (Fsp3) is 0.625. The normalized spacial score (nSPS) is 13.8. The van der Waals surface area contributed by atoms with Crippen molar-refractivity contribution in [2.24, 2.45) is 0 Å². The lowest BCUT2D eigenvalue weighted by Gasteiger charge is -2.44. The summed E-state index contributed by atoms with van der Waals surface area (Å²) in [6.45, 7) is 13.3. The molecule has 1 rings (SSSR count). The van der Waals surface area contributed by atoms with E-state index >= 15 is 0 Å². The average molecular weight is 301 g/mol. The number of hydrogen-bond donors (Lipinski definition) is 1. The minimum atomic E-state index is -0.247. The van der Waals surface area contributed by atoms with Crippen molar-refractivity contribution in [1.82, 2.24) is 10.2 Å². The number of nitrogens with zero attached hydrogens (tertiary/aromatic N) is 1. The first kappa shape index (κ1) is 17.4. The molecule has 1 unspecified atom stereocenters.